The van der Waals surface area contributed by atoms with Crippen molar-refractivity contribution in [3.63, 3.8) is 0 Å². The Bertz CT molecular complexity index is 678. The fraction of sp³-hybridized carbons (Fsp3) is 0.111. The molecule has 0 aliphatic rings. The second kappa shape index (κ2) is 6.79. The van der Waals surface area contributed by atoms with Gasteiger partial charge < -0.3 is 0 Å². The molecule has 0 saturated heterocycles. The standard InChI is InChI=1S/C18H15NS/c1-2-15-10-8-14(12-17(15)13-19)9-11-18(20)16-6-4-3-5-7-16/h3-12H,2H2,1H3. The first-order chi connectivity index (χ1) is 9.74. The van der Waals surface area contributed by atoms with Gasteiger partial charge in [0.25, 0.3) is 0 Å². The maximum absolute atomic E-state index is 9.13. The number of rotatable bonds is 4. The monoisotopic (exact) mass is 277 g/mol. The van der Waals surface area contributed by atoms with Gasteiger partial charge in [0.05, 0.1) is 11.6 Å². The average Bonchev–Trinajstić information content (AvgIpc) is 2.53. The molecule has 0 radical (unpaired) electrons. The van der Waals surface area contributed by atoms with Gasteiger partial charge in [0.15, 0.2) is 0 Å². The Balaban J connectivity index is 2.20. The van der Waals surface area contributed by atoms with E-state index in [0.717, 1.165) is 33.5 Å². The van der Waals surface area contributed by atoms with Crippen LogP contribution in [0, 0.1) is 11.3 Å². The molecule has 0 fully saturated rings. The van der Waals surface area contributed by atoms with Crippen LogP contribution in [-0.4, -0.2) is 4.86 Å². The molecule has 0 amide bonds. The molecule has 1 nitrogen and oxygen atoms in total. The maximum atomic E-state index is 9.13. The Morgan fingerprint density at radius 3 is 2.60 bits per heavy atom. The first-order valence-electron chi connectivity index (χ1n) is 6.55. The highest BCUT2D eigenvalue weighted by Gasteiger charge is 2.00. The van der Waals surface area contributed by atoms with Crippen molar-refractivity contribution in [2.45, 2.75) is 13.3 Å². The molecule has 0 aromatic heterocycles. The van der Waals surface area contributed by atoms with Crippen molar-refractivity contribution in [2.75, 3.05) is 0 Å². The van der Waals surface area contributed by atoms with E-state index >= 15 is 0 Å². The molecule has 2 rings (SSSR count). The fourth-order valence-electron chi connectivity index (χ4n) is 1.98. The molecule has 20 heavy (non-hydrogen) atoms. The summed E-state index contributed by atoms with van der Waals surface area (Å²) in [6.45, 7) is 2.05. The molecular formula is C18H15NS. The second-order valence-electron chi connectivity index (χ2n) is 4.45. The number of hydrogen-bond acceptors (Lipinski definition) is 2. The number of nitrogens with zero attached hydrogens (tertiary/aromatic N) is 1. The van der Waals surface area contributed by atoms with Gasteiger partial charge in [0, 0.05) is 4.86 Å². The molecular weight excluding hydrogens is 262 g/mol. The molecule has 98 valence electrons. The van der Waals surface area contributed by atoms with Crippen molar-refractivity contribution >= 4 is 23.2 Å². The highest BCUT2D eigenvalue weighted by molar-refractivity contribution is 7.81. The van der Waals surface area contributed by atoms with Crippen LogP contribution in [0.15, 0.2) is 54.6 Å². The summed E-state index contributed by atoms with van der Waals surface area (Å²) in [4.78, 5) is 0.795. The largest absolute Gasteiger partial charge is 0.192 e. The molecule has 0 spiro atoms. The van der Waals surface area contributed by atoms with Crippen molar-refractivity contribution < 1.29 is 0 Å². The molecule has 0 N–H and O–H groups in total. The molecule has 0 saturated carbocycles. The Kier molecular flexibility index (Phi) is 4.81. The number of aryl methyl sites for hydroxylation is 1. The van der Waals surface area contributed by atoms with Gasteiger partial charge in [0.1, 0.15) is 0 Å². The minimum Gasteiger partial charge on any atom is -0.192 e. The molecule has 2 heteroatoms. The van der Waals surface area contributed by atoms with Gasteiger partial charge in [-0.15, -0.1) is 0 Å². The van der Waals surface area contributed by atoms with Crippen LogP contribution in [0.1, 0.15) is 29.2 Å². The maximum Gasteiger partial charge on any atom is 0.0994 e. The van der Waals surface area contributed by atoms with Crippen LogP contribution in [0.3, 0.4) is 0 Å². The van der Waals surface area contributed by atoms with E-state index in [-0.39, 0.29) is 0 Å². The highest BCUT2D eigenvalue weighted by Crippen LogP contribution is 2.14. The van der Waals surface area contributed by atoms with E-state index in [9.17, 15) is 0 Å². The Hall–Kier alpha value is -2.24. The van der Waals surface area contributed by atoms with Gasteiger partial charge in [-0.25, -0.2) is 0 Å². The number of nitriles is 1. The Morgan fingerprint density at radius 2 is 1.95 bits per heavy atom. The summed E-state index contributed by atoms with van der Waals surface area (Å²) in [6, 6.07) is 18.1. The van der Waals surface area contributed by atoms with E-state index in [1.807, 2.05) is 60.7 Å². The smallest absolute Gasteiger partial charge is 0.0994 e. The summed E-state index contributed by atoms with van der Waals surface area (Å²) in [5, 5.41) is 9.13. The summed E-state index contributed by atoms with van der Waals surface area (Å²) in [5.41, 5.74) is 3.84. The lowest BCUT2D eigenvalue weighted by atomic mass is 10.0. The predicted molar refractivity (Wildman–Crippen MR) is 87.7 cm³/mol. The number of benzene rings is 2. The quantitative estimate of drug-likeness (QED) is 0.465. The molecule has 0 aliphatic heterocycles. The van der Waals surface area contributed by atoms with Crippen LogP contribution in [0.2, 0.25) is 0 Å². The lowest BCUT2D eigenvalue weighted by Crippen LogP contribution is -1.92. The Morgan fingerprint density at radius 1 is 1.20 bits per heavy atom. The summed E-state index contributed by atoms with van der Waals surface area (Å²) >= 11 is 5.38. The summed E-state index contributed by atoms with van der Waals surface area (Å²) in [6.07, 6.45) is 4.73. The van der Waals surface area contributed by atoms with Crippen LogP contribution < -0.4 is 0 Å². The van der Waals surface area contributed by atoms with Crippen LogP contribution >= 0.6 is 12.2 Å². The molecule has 0 unspecified atom stereocenters. The van der Waals surface area contributed by atoms with E-state index < -0.39 is 0 Å². The Labute approximate surface area is 125 Å². The second-order valence-corrected chi connectivity index (χ2v) is 4.89. The zero-order chi connectivity index (χ0) is 14.4. The molecule has 0 aliphatic carbocycles. The molecule has 2 aromatic carbocycles. The average molecular weight is 277 g/mol. The first kappa shape index (κ1) is 14.2. The zero-order valence-corrected chi connectivity index (χ0v) is 12.2. The molecule has 0 heterocycles. The van der Waals surface area contributed by atoms with Gasteiger partial charge in [0.2, 0.25) is 0 Å². The number of allylic oxidation sites excluding steroid dienone is 1. The van der Waals surface area contributed by atoms with Crippen LogP contribution in [0.25, 0.3) is 6.08 Å². The van der Waals surface area contributed by atoms with Gasteiger partial charge in [-0.3, -0.25) is 0 Å². The van der Waals surface area contributed by atoms with Crippen LogP contribution in [-0.2, 0) is 6.42 Å². The van der Waals surface area contributed by atoms with E-state index in [4.69, 9.17) is 17.5 Å². The zero-order valence-electron chi connectivity index (χ0n) is 11.3. The number of thiocarbonyl (C=S) groups is 1. The first-order valence-corrected chi connectivity index (χ1v) is 6.96. The van der Waals surface area contributed by atoms with Gasteiger partial charge in [-0.2, -0.15) is 5.26 Å². The van der Waals surface area contributed by atoms with Crippen LogP contribution in [0.4, 0.5) is 0 Å². The topological polar surface area (TPSA) is 23.8 Å². The lowest BCUT2D eigenvalue weighted by Gasteiger charge is -2.02. The van der Waals surface area contributed by atoms with E-state index in [1.165, 1.54) is 0 Å². The SMILES string of the molecule is CCc1ccc(C=CC(=S)c2ccccc2)cc1C#N. The fourth-order valence-corrected chi connectivity index (χ4v) is 2.18. The molecule has 0 atom stereocenters. The highest BCUT2D eigenvalue weighted by atomic mass is 32.1. The van der Waals surface area contributed by atoms with Gasteiger partial charge in [-0.1, -0.05) is 67.7 Å². The minimum absolute atomic E-state index is 0.736. The third-order valence-electron chi connectivity index (χ3n) is 3.12. The van der Waals surface area contributed by atoms with Gasteiger partial charge in [-0.05, 0) is 35.3 Å². The summed E-state index contributed by atoms with van der Waals surface area (Å²) < 4.78 is 0. The van der Waals surface area contributed by atoms with E-state index in [0.29, 0.717) is 0 Å². The van der Waals surface area contributed by atoms with Crippen LogP contribution in [0.5, 0.6) is 0 Å². The van der Waals surface area contributed by atoms with Crippen molar-refractivity contribution in [3.8, 4) is 6.07 Å². The summed E-state index contributed by atoms with van der Waals surface area (Å²) in [5.74, 6) is 0. The minimum atomic E-state index is 0.736. The van der Waals surface area contributed by atoms with E-state index in [2.05, 4.69) is 13.0 Å². The third kappa shape index (κ3) is 3.40. The van der Waals surface area contributed by atoms with Crippen molar-refractivity contribution in [1.29, 1.82) is 5.26 Å². The molecule has 0 bridgehead atoms. The molecule has 2 aromatic rings. The van der Waals surface area contributed by atoms with Gasteiger partial charge >= 0.3 is 0 Å². The van der Waals surface area contributed by atoms with E-state index in [1.54, 1.807) is 0 Å². The summed E-state index contributed by atoms with van der Waals surface area (Å²) in [7, 11) is 0. The third-order valence-corrected chi connectivity index (χ3v) is 3.49. The van der Waals surface area contributed by atoms with Crippen molar-refractivity contribution in [2.24, 2.45) is 0 Å². The lowest BCUT2D eigenvalue weighted by molar-refractivity contribution is 1.13. The number of hydrogen-bond donors (Lipinski definition) is 0. The normalized spacial score (nSPS) is 10.4. The van der Waals surface area contributed by atoms with Crippen molar-refractivity contribution in [3.05, 3.63) is 76.9 Å². The van der Waals surface area contributed by atoms with Crippen molar-refractivity contribution in [1.82, 2.24) is 0 Å². The predicted octanol–water partition coefficient (Wildman–Crippen LogP) is 4.55.